The molecule has 1 saturated heterocycles. The number of rotatable bonds is 8. The van der Waals surface area contributed by atoms with Gasteiger partial charge in [0.25, 0.3) is 5.91 Å². The Kier molecular flexibility index (Phi) is 8.32. The van der Waals surface area contributed by atoms with Gasteiger partial charge in [-0.1, -0.05) is 29.8 Å². The van der Waals surface area contributed by atoms with Crippen LogP contribution in [0.5, 0.6) is 17.2 Å². The van der Waals surface area contributed by atoms with Gasteiger partial charge in [0.2, 0.25) is 15.8 Å². The van der Waals surface area contributed by atoms with Crippen molar-refractivity contribution in [1.82, 2.24) is 9.29 Å². The number of halogens is 1. The van der Waals surface area contributed by atoms with Crippen molar-refractivity contribution < 1.29 is 32.2 Å². The number of carbonyl (C=O) groups is 1. The summed E-state index contributed by atoms with van der Waals surface area (Å²) in [5.41, 5.74) is 2.36. The fourth-order valence-corrected chi connectivity index (χ4v) is 6.55. The highest BCUT2D eigenvalue weighted by Crippen LogP contribution is 2.41. The maximum absolute atomic E-state index is 13.7. The van der Waals surface area contributed by atoms with E-state index in [1.54, 1.807) is 30.3 Å². The molecule has 214 valence electrons. The molecule has 0 radical (unpaired) electrons. The predicted molar refractivity (Wildman–Crippen MR) is 156 cm³/mol. The Morgan fingerprint density at radius 3 is 2.29 bits per heavy atom. The van der Waals surface area contributed by atoms with Gasteiger partial charge in [-0.3, -0.25) is 4.79 Å². The molecule has 12 heteroatoms. The van der Waals surface area contributed by atoms with Crippen molar-refractivity contribution in [3.8, 4) is 28.5 Å². The molecule has 1 aliphatic heterocycles. The fourth-order valence-electron chi connectivity index (χ4n) is 4.64. The first-order valence-corrected chi connectivity index (χ1v) is 14.5. The summed E-state index contributed by atoms with van der Waals surface area (Å²) in [6.45, 7) is 1.05. The van der Waals surface area contributed by atoms with Crippen LogP contribution < -0.4 is 19.5 Å². The summed E-state index contributed by atoms with van der Waals surface area (Å²) in [6, 6.07) is 16.8. The zero-order valence-electron chi connectivity index (χ0n) is 22.6. The van der Waals surface area contributed by atoms with Crippen molar-refractivity contribution >= 4 is 44.1 Å². The standard InChI is InChI=1S/C29H28ClN3O7S/c1-37-25-14-18(15-26(38-2)28(25)39-3)24-17-21(20-6-4-5-7-23(20)32-24)29(34)31-19-8-9-22(30)27(16-19)41(35,36)33-10-12-40-13-11-33/h4-9,14-17H,10-13H2,1-3H3,(H,31,34). The van der Waals surface area contributed by atoms with E-state index in [9.17, 15) is 13.2 Å². The molecule has 1 aliphatic rings. The minimum atomic E-state index is -3.89. The van der Waals surface area contributed by atoms with Crippen LogP contribution in [0.1, 0.15) is 10.4 Å². The number of pyridine rings is 1. The van der Waals surface area contributed by atoms with Crippen LogP contribution in [0, 0.1) is 0 Å². The van der Waals surface area contributed by atoms with E-state index < -0.39 is 15.9 Å². The molecule has 5 rings (SSSR count). The summed E-state index contributed by atoms with van der Waals surface area (Å²) in [7, 11) is 0.675. The van der Waals surface area contributed by atoms with Crippen LogP contribution >= 0.6 is 11.6 Å². The molecule has 3 aromatic carbocycles. The van der Waals surface area contributed by atoms with E-state index in [0.29, 0.717) is 58.2 Å². The third kappa shape index (κ3) is 5.66. The number of anilines is 1. The van der Waals surface area contributed by atoms with Crippen LogP contribution in [-0.2, 0) is 14.8 Å². The summed E-state index contributed by atoms with van der Waals surface area (Å²) in [4.78, 5) is 18.4. The summed E-state index contributed by atoms with van der Waals surface area (Å²) < 4.78 is 49.6. The van der Waals surface area contributed by atoms with Gasteiger partial charge in [0.05, 0.1) is 56.3 Å². The van der Waals surface area contributed by atoms with Crippen molar-refractivity contribution in [2.75, 3.05) is 52.9 Å². The lowest BCUT2D eigenvalue weighted by atomic mass is 10.0. The molecule has 0 bridgehead atoms. The van der Waals surface area contributed by atoms with Crippen LogP contribution in [0.3, 0.4) is 0 Å². The van der Waals surface area contributed by atoms with Crippen LogP contribution in [-0.4, -0.2) is 71.2 Å². The Morgan fingerprint density at radius 2 is 1.63 bits per heavy atom. The number of nitrogens with one attached hydrogen (secondary N) is 1. The van der Waals surface area contributed by atoms with Crippen molar-refractivity contribution in [2.24, 2.45) is 0 Å². The Morgan fingerprint density at radius 1 is 0.951 bits per heavy atom. The molecule has 1 aromatic heterocycles. The second-order valence-corrected chi connectivity index (χ2v) is 11.4. The summed E-state index contributed by atoms with van der Waals surface area (Å²) >= 11 is 6.30. The Bertz CT molecular complexity index is 1700. The second-order valence-electron chi connectivity index (χ2n) is 9.10. The van der Waals surface area contributed by atoms with Crippen molar-refractivity contribution in [3.05, 3.63) is 71.2 Å². The van der Waals surface area contributed by atoms with E-state index in [2.05, 4.69) is 5.32 Å². The van der Waals surface area contributed by atoms with E-state index in [4.69, 9.17) is 35.5 Å². The smallest absolute Gasteiger partial charge is 0.256 e. The highest BCUT2D eigenvalue weighted by molar-refractivity contribution is 7.89. The molecule has 2 heterocycles. The first-order chi connectivity index (χ1) is 19.8. The number of sulfonamides is 1. The number of fused-ring (bicyclic) bond motifs is 1. The number of amides is 1. The molecule has 41 heavy (non-hydrogen) atoms. The Balaban J connectivity index is 1.54. The molecule has 0 spiro atoms. The van der Waals surface area contributed by atoms with Crippen LogP contribution in [0.15, 0.2) is 65.6 Å². The summed E-state index contributed by atoms with van der Waals surface area (Å²) in [5, 5.41) is 3.52. The number of methoxy groups -OCH3 is 3. The molecular formula is C29H28ClN3O7S. The third-order valence-corrected chi connectivity index (χ3v) is 9.08. The van der Waals surface area contributed by atoms with Gasteiger partial charge in [0, 0.05) is 29.7 Å². The normalized spacial score (nSPS) is 14.0. The molecular weight excluding hydrogens is 570 g/mol. The number of aromatic nitrogens is 1. The molecule has 0 atom stereocenters. The minimum Gasteiger partial charge on any atom is -0.493 e. The molecule has 4 aromatic rings. The number of nitrogens with zero attached hydrogens (tertiary/aromatic N) is 2. The molecule has 1 fully saturated rings. The zero-order valence-corrected chi connectivity index (χ0v) is 24.2. The van der Waals surface area contributed by atoms with Gasteiger partial charge in [-0.2, -0.15) is 4.31 Å². The van der Waals surface area contributed by atoms with Gasteiger partial charge in [-0.15, -0.1) is 0 Å². The van der Waals surface area contributed by atoms with Gasteiger partial charge < -0.3 is 24.3 Å². The SMILES string of the molecule is COc1cc(-c2cc(C(=O)Nc3ccc(Cl)c(S(=O)(=O)N4CCOCC4)c3)c3ccccc3n2)cc(OC)c1OC. The van der Waals surface area contributed by atoms with E-state index in [-0.39, 0.29) is 28.7 Å². The first kappa shape index (κ1) is 28.6. The van der Waals surface area contributed by atoms with Gasteiger partial charge in [-0.05, 0) is 42.5 Å². The Hall–Kier alpha value is -3.90. The summed E-state index contributed by atoms with van der Waals surface area (Å²) in [6.07, 6.45) is 0. The van der Waals surface area contributed by atoms with Gasteiger partial charge in [-0.25, -0.2) is 13.4 Å². The predicted octanol–water partition coefficient (Wildman–Crippen LogP) is 4.85. The van der Waals surface area contributed by atoms with Crippen LogP contribution in [0.2, 0.25) is 5.02 Å². The maximum Gasteiger partial charge on any atom is 0.256 e. The highest BCUT2D eigenvalue weighted by Gasteiger charge is 2.29. The van der Waals surface area contributed by atoms with E-state index >= 15 is 0 Å². The average Bonchev–Trinajstić information content (AvgIpc) is 3.00. The fraction of sp³-hybridized carbons (Fsp3) is 0.241. The van der Waals surface area contributed by atoms with Gasteiger partial charge >= 0.3 is 0 Å². The van der Waals surface area contributed by atoms with Crippen LogP contribution in [0.25, 0.3) is 22.2 Å². The quantitative estimate of drug-likeness (QED) is 0.306. The van der Waals surface area contributed by atoms with E-state index in [1.165, 1.54) is 37.8 Å². The molecule has 0 unspecified atom stereocenters. The van der Waals surface area contributed by atoms with E-state index in [1.807, 2.05) is 18.2 Å². The lowest BCUT2D eigenvalue weighted by Gasteiger charge is -2.26. The van der Waals surface area contributed by atoms with Crippen molar-refractivity contribution in [3.63, 3.8) is 0 Å². The monoisotopic (exact) mass is 597 g/mol. The van der Waals surface area contributed by atoms with Crippen LogP contribution in [0.4, 0.5) is 5.69 Å². The van der Waals surface area contributed by atoms with Gasteiger partial charge in [0.1, 0.15) is 4.90 Å². The highest BCUT2D eigenvalue weighted by atomic mass is 35.5. The van der Waals surface area contributed by atoms with Crippen molar-refractivity contribution in [2.45, 2.75) is 4.90 Å². The second kappa shape index (κ2) is 11.9. The average molecular weight is 598 g/mol. The number of carbonyl (C=O) groups excluding carboxylic acids is 1. The molecule has 1 N–H and O–H groups in total. The molecule has 10 nitrogen and oxygen atoms in total. The maximum atomic E-state index is 13.7. The minimum absolute atomic E-state index is 0.0635. The largest absolute Gasteiger partial charge is 0.493 e. The van der Waals surface area contributed by atoms with Crippen molar-refractivity contribution in [1.29, 1.82) is 0 Å². The number of benzene rings is 3. The number of para-hydroxylation sites is 1. The number of ether oxygens (including phenoxy) is 4. The molecule has 1 amide bonds. The lowest BCUT2D eigenvalue weighted by molar-refractivity contribution is 0.0730. The number of morpholine rings is 1. The zero-order chi connectivity index (χ0) is 29.1. The topological polar surface area (TPSA) is 116 Å². The summed E-state index contributed by atoms with van der Waals surface area (Å²) in [5.74, 6) is 0.869. The first-order valence-electron chi connectivity index (χ1n) is 12.7. The molecule has 0 saturated carbocycles. The third-order valence-electron chi connectivity index (χ3n) is 6.70. The van der Waals surface area contributed by atoms with E-state index in [0.717, 1.165) is 0 Å². The Labute approximate surface area is 242 Å². The lowest BCUT2D eigenvalue weighted by Crippen LogP contribution is -2.40. The molecule has 0 aliphatic carbocycles. The number of hydrogen-bond acceptors (Lipinski definition) is 8. The van der Waals surface area contributed by atoms with Gasteiger partial charge in [0.15, 0.2) is 11.5 Å². The number of hydrogen-bond donors (Lipinski definition) is 1.